The van der Waals surface area contributed by atoms with E-state index < -0.39 is 0 Å². The predicted octanol–water partition coefficient (Wildman–Crippen LogP) is 16.5. The number of hydrogen-bond acceptors (Lipinski definition) is 2. The van der Waals surface area contributed by atoms with Crippen molar-refractivity contribution in [2.75, 3.05) is 4.90 Å². The van der Waals surface area contributed by atoms with Crippen molar-refractivity contribution in [1.82, 2.24) is 0 Å². The van der Waals surface area contributed by atoms with Gasteiger partial charge in [-0.05, 0) is 103 Å². The van der Waals surface area contributed by atoms with E-state index >= 15 is 0 Å². The first-order valence-corrected chi connectivity index (χ1v) is 20.5. The Bertz CT molecular complexity index is 3260. The molecule has 60 heavy (non-hydrogen) atoms. The molecule has 0 aliphatic heterocycles. The molecule has 0 atom stereocenters. The normalized spacial score (nSPS) is 11.3. The SMILES string of the molecule is c1ccc(-c2ccc(-c3ccc(N(c4ccc(-c5cccc(-c6ccccc6)c5)cc4)c4cccc5c4oc4c(-c6ccccc6)cc6ccccc6c45)cc3)cc2)cc1. The zero-order chi connectivity index (χ0) is 39.8. The quantitative estimate of drug-likeness (QED) is 0.153. The van der Waals surface area contributed by atoms with Gasteiger partial charge in [-0.1, -0.05) is 194 Å². The number of fused-ring (bicyclic) bond motifs is 5. The summed E-state index contributed by atoms with van der Waals surface area (Å²) in [4.78, 5) is 2.33. The highest BCUT2D eigenvalue weighted by atomic mass is 16.3. The average Bonchev–Trinajstić information content (AvgIpc) is 3.74. The van der Waals surface area contributed by atoms with Crippen molar-refractivity contribution in [2.24, 2.45) is 0 Å². The van der Waals surface area contributed by atoms with Crippen LogP contribution >= 0.6 is 0 Å². The zero-order valence-electron chi connectivity index (χ0n) is 32.9. The maximum Gasteiger partial charge on any atom is 0.159 e. The van der Waals surface area contributed by atoms with Crippen molar-refractivity contribution in [2.45, 2.75) is 0 Å². The van der Waals surface area contributed by atoms with Crippen molar-refractivity contribution in [3.05, 3.63) is 237 Å². The smallest absolute Gasteiger partial charge is 0.159 e. The Hall–Kier alpha value is -7.94. The Morgan fingerprint density at radius 1 is 0.283 bits per heavy atom. The lowest BCUT2D eigenvalue weighted by Crippen LogP contribution is -2.10. The van der Waals surface area contributed by atoms with Crippen LogP contribution in [0.3, 0.4) is 0 Å². The third-order valence-electron chi connectivity index (χ3n) is 11.7. The fourth-order valence-corrected chi connectivity index (χ4v) is 8.67. The summed E-state index contributed by atoms with van der Waals surface area (Å²) in [6.07, 6.45) is 0. The lowest BCUT2D eigenvalue weighted by Gasteiger charge is -2.26. The molecule has 10 aromatic carbocycles. The van der Waals surface area contributed by atoms with Crippen molar-refractivity contribution in [3.63, 3.8) is 0 Å². The molecule has 0 unspecified atom stereocenters. The topological polar surface area (TPSA) is 16.4 Å². The molecule has 2 heteroatoms. The second-order valence-electron chi connectivity index (χ2n) is 15.3. The number of rotatable bonds is 8. The molecule has 11 aromatic rings. The van der Waals surface area contributed by atoms with Crippen LogP contribution in [0.1, 0.15) is 0 Å². The molecule has 0 saturated carbocycles. The lowest BCUT2D eigenvalue weighted by atomic mass is 9.96. The molecule has 2 nitrogen and oxygen atoms in total. The maximum absolute atomic E-state index is 7.15. The van der Waals surface area contributed by atoms with Crippen LogP contribution in [-0.2, 0) is 0 Å². The van der Waals surface area contributed by atoms with Gasteiger partial charge in [0.05, 0.1) is 5.69 Å². The molecule has 1 aromatic heterocycles. The fourth-order valence-electron chi connectivity index (χ4n) is 8.67. The number of benzene rings is 10. The third kappa shape index (κ3) is 6.41. The Labute approximate surface area is 349 Å². The minimum absolute atomic E-state index is 0.848. The van der Waals surface area contributed by atoms with Crippen molar-refractivity contribution < 1.29 is 4.42 Å². The van der Waals surface area contributed by atoms with E-state index in [2.05, 4.69) is 241 Å². The van der Waals surface area contributed by atoms with Gasteiger partial charge in [0, 0.05) is 27.7 Å². The molecule has 282 valence electrons. The van der Waals surface area contributed by atoms with Gasteiger partial charge in [-0.2, -0.15) is 0 Å². The number of furan rings is 1. The molecule has 0 radical (unpaired) electrons. The Morgan fingerprint density at radius 3 is 1.28 bits per heavy atom. The second kappa shape index (κ2) is 15.1. The van der Waals surface area contributed by atoms with Gasteiger partial charge in [-0.25, -0.2) is 0 Å². The van der Waals surface area contributed by atoms with E-state index in [1.54, 1.807) is 0 Å². The van der Waals surface area contributed by atoms with Gasteiger partial charge >= 0.3 is 0 Å². The van der Waals surface area contributed by atoms with Crippen LogP contribution in [0.15, 0.2) is 241 Å². The Morgan fingerprint density at radius 2 is 0.700 bits per heavy atom. The van der Waals surface area contributed by atoms with Gasteiger partial charge in [-0.15, -0.1) is 0 Å². The Balaban J connectivity index is 1.05. The number of hydrogen-bond donors (Lipinski definition) is 0. The monoisotopic (exact) mass is 765 g/mol. The molecule has 0 spiro atoms. The lowest BCUT2D eigenvalue weighted by molar-refractivity contribution is 0.670. The maximum atomic E-state index is 7.15. The highest BCUT2D eigenvalue weighted by Crippen LogP contribution is 2.47. The number of nitrogens with zero attached hydrogens (tertiary/aromatic N) is 1. The van der Waals surface area contributed by atoms with Gasteiger partial charge in [-0.3, -0.25) is 0 Å². The highest BCUT2D eigenvalue weighted by Gasteiger charge is 2.22. The van der Waals surface area contributed by atoms with Crippen LogP contribution in [0.2, 0.25) is 0 Å². The molecule has 0 bridgehead atoms. The molecule has 0 amide bonds. The van der Waals surface area contributed by atoms with E-state index in [-0.39, 0.29) is 0 Å². The van der Waals surface area contributed by atoms with Gasteiger partial charge < -0.3 is 9.32 Å². The van der Waals surface area contributed by atoms with E-state index in [1.165, 1.54) is 44.2 Å². The van der Waals surface area contributed by atoms with E-state index in [1.807, 2.05) is 0 Å². The largest absolute Gasteiger partial charge is 0.453 e. The summed E-state index contributed by atoms with van der Waals surface area (Å²) in [5.74, 6) is 0. The first-order valence-electron chi connectivity index (χ1n) is 20.5. The molecule has 0 aliphatic carbocycles. The average molecular weight is 766 g/mol. The van der Waals surface area contributed by atoms with Gasteiger partial charge in [0.1, 0.15) is 5.58 Å². The molecule has 0 aliphatic rings. The summed E-state index contributed by atoms with van der Waals surface area (Å²) in [7, 11) is 0. The fraction of sp³-hybridized carbons (Fsp3) is 0. The highest BCUT2D eigenvalue weighted by molar-refractivity contribution is 6.24. The summed E-state index contributed by atoms with van der Waals surface area (Å²) in [6.45, 7) is 0. The molecular weight excluding hydrogens is 727 g/mol. The van der Waals surface area contributed by atoms with Crippen molar-refractivity contribution in [1.29, 1.82) is 0 Å². The van der Waals surface area contributed by atoms with Crippen LogP contribution in [0, 0.1) is 0 Å². The molecule has 0 N–H and O–H groups in total. The molecular formula is C58H39NO. The van der Waals surface area contributed by atoms with Crippen LogP contribution in [-0.4, -0.2) is 0 Å². The number of para-hydroxylation sites is 1. The summed E-state index contributed by atoms with van der Waals surface area (Å²) in [6, 6.07) is 84.6. The third-order valence-corrected chi connectivity index (χ3v) is 11.7. The second-order valence-corrected chi connectivity index (χ2v) is 15.3. The van der Waals surface area contributed by atoms with E-state index in [0.29, 0.717) is 0 Å². The minimum atomic E-state index is 0.848. The van der Waals surface area contributed by atoms with Crippen LogP contribution in [0.4, 0.5) is 17.1 Å². The Kier molecular flexibility index (Phi) is 8.87. The van der Waals surface area contributed by atoms with E-state index in [4.69, 9.17) is 4.42 Å². The van der Waals surface area contributed by atoms with Crippen LogP contribution in [0.25, 0.3) is 88.3 Å². The molecule has 0 fully saturated rings. The first-order chi connectivity index (χ1) is 29.7. The van der Waals surface area contributed by atoms with Gasteiger partial charge in [0.2, 0.25) is 0 Å². The number of anilines is 3. The molecule has 1 heterocycles. The van der Waals surface area contributed by atoms with Crippen LogP contribution < -0.4 is 4.90 Å². The standard InChI is InChI=1S/C58H39NO/c1-4-14-40(15-5-1)42-26-28-43(29-27-42)44-30-34-50(35-31-44)59(51-36-32-45(33-37-51)48-22-12-21-47(38-48)41-16-6-2-7-17-41)55-25-13-24-53-56-52-23-11-10-20-49(52)39-54(58(56)60-57(53)55)46-18-8-3-9-19-46/h1-39H. The predicted molar refractivity (Wildman–Crippen MR) is 253 cm³/mol. The summed E-state index contributed by atoms with van der Waals surface area (Å²) < 4.78 is 7.15. The molecule has 11 rings (SSSR count). The van der Waals surface area contributed by atoms with E-state index in [9.17, 15) is 0 Å². The zero-order valence-corrected chi connectivity index (χ0v) is 32.9. The minimum Gasteiger partial charge on any atom is -0.453 e. The summed E-state index contributed by atoms with van der Waals surface area (Å²) >= 11 is 0. The van der Waals surface area contributed by atoms with E-state index in [0.717, 1.165) is 61.3 Å². The first kappa shape index (κ1) is 35.2. The van der Waals surface area contributed by atoms with Gasteiger partial charge in [0.25, 0.3) is 0 Å². The van der Waals surface area contributed by atoms with Crippen LogP contribution in [0.5, 0.6) is 0 Å². The molecule has 0 saturated heterocycles. The summed E-state index contributed by atoms with van der Waals surface area (Å²) in [5.41, 5.74) is 16.5. The summed E-state index contributed by atoms with van der Waals surface area (Å²) in [5, 5.41) is 4.59. The van der Waals surface area contributed by atoms with Gasteiger partial charge in [0.15, 0.2) is 5.58 Å². The van der Waals surface area contributed by atoms with Crippen molar-refractivity contribution in [3.8, 4) is 55.6 Å². The van der Waals surface area contributed by atoms with Crippen molar-refractivity contribution >= 4 is 49.8 Å².